The Morgan fingerprint density at radius 2 is 2.09 bits per heavy atom. The average molecular weight is 314 g/mol. The van der Waals surface area contributed by atoms with Crippen LogP contribution in [-0.2, 0) is 11.3 Å². The second-order valence-corrected chi connectivity index (χ2v) is 7.02. The molecular weight excluding hydrogens is 288 g/mol. The Hall–Kier alpha value is -1.88. The fourth-order valence-electron chi connectivity index (χ4n) is 3.71. The van der Waals surface area contributed by atoms with Crippen molar-refractivity contribution in [1.29, 1.82) is 0 Å². The van der Waals surface area contributed by atoms with E-state index in [4.69, 9.17) is 5.73 Å². The molecule has 5 heteroatoms. The predicted octanol–water partition coefficient (Wildman–Crippen LogP) is 1.83. The van der Waals surface area contributed by atoms with E-state index in [1.54, 1.807) is 7.05 Å². The van der Waals surface area contributed by atoms with Crippen molar-refractivity contribution in [3.8, 4) is 0 Å². The van der Waals surface area contributed by atoms with Gasteiger partial charge in [-0.2, -0.15) is 0 Å². The lowest BCUT2D eigenvalue weighted by molar-refractivity contribution is -0.129. The molecule has 0 spiro atoms. The zero-order valence-corrected chi connectivity index (χ0v) is 14.0. The van der Waals surface area contributed by atoms with Crippen LogP contribution in [0.25, 0.3) is 0 Å². The number of rotatable bonds is 3. The number of piperidine rings is 1. The first-order valence-electron chi connectivity index (χ1n) is 8.36. The van der Waals surface area contributed by atoms with E-state index in [2.05, 4.69) is 41.1 Å². The maximum Gasteiger partial charge on any atom is 0.231 e. The standard InChI is InChI=1S/C18H26N4O/c1-18(11-16(23)21(2)17(19)20-18)15-9-6-10-22(13-15)12-14-7-4-3-5-8-14/h3-5,7-8,15H,6,9-13H2,1-2H3,(H2,19,20)/t15?,18-/m0/s1. The van der Waals surface area contributed by atoms with Crippen LogP contribution in [0.2, 0.25) is 0 Å². The van der Waals surface area contributed by atoms with Crippen LogP contribution >= 0.6 is 0 Å². The molecule has 2 aliphatic rings. The summed E-state index contributed by atoms with van der Waals surface area (Å²) in [6, 6.07) is 10.5. The van der Waals surface area contributed by atoms with Crippen LogP contribution in [0.1, 0.15) is 31.7 Å². The summed E-state index contributed by atoms with van der Waals surface area (Å²) in [5.74, 6) is 0.792. The van der Waals surface area contributed by atoms with Crippen LogP contribution in [-0.4, -0.2) is 47.3 Å². The minimum absolute atomic E-state index is 0.0696. The number of amides is 1. The van der Waals surface area contributed by atoms with Gasteiger partial charge in [-0.1, -0.05) is 30.3 Å². The van der Waals surface area contributed by atoms with Crippen LogP contribution < -0.4 is 5.73 Å². The molecule has 5 nitrogen and oxygen atoms in total. The molecule has 2 atom stereocenters. The molecule has 0 aromatic heterocycles. The summed E-state index contributed by atoms with van der Waals surface area (Å²) >= 11 is 0. The highest BCUT2D eigenvalue weighted by Gasteiger charge is 2.42. The number of nitrogens with zero attached hydrogens (tertiary/aromatic N) is 3. The molecule has 3 rings (SSSR count). The summed E-state index contributed by atoms with van der Waals surface area (Å²) < 4.78 is 0. The second kappa shape index (κ2) is 6.32. The van der Waals surface area contributed by atoms with Crippen molar-refractivity contribution in [2.45, 2.75) is 38.3 Å². The number of aliphatic imine (C=N–C) groups is 1. The van der Waals surface area contributed by atoms with E-state index in [1.165, 1.54) is 10.5 Å². The molecule has 2 aliphatic heterocycles. The van der Waals surface area contributed by atoms with E-state index in [0.29, 0.717) is 18.3 Å². The number of benzene rings is 1. The first-order chi connectivity index (χ1) is 11.0. The van der Waals surface area contributed by atoms with E-state index < -0.39 is 0 Å². The molecule has 0 aliphatic carbocycles. The Balaban J connectivity index is 1.72. The van der Waals surface area contributed by atoms with Crippen LogP contribution in [0.4, 0.5) is 0 Å². The third-order valence-electron chi connectivity index (χ3n) is 5.23. The van der Waals surface area contributed by atoms with Gasteiger partial charge in [-0.05, 0) is 37.8 Å². The second-order valence-electron chi connectivity index (χ2n) is 7.02. The van der Waals surface area contributed by atoms with Crippen molar-refractivity contribution >= 4 is 11.9 Å². The lowest BCUT2D eigenvalue weighted by atomic mass is 9.77. The molecule has 1 aromatic carbocycles. The van der Waals surface area contributed by atoms with Gasteiger partial charge in [0, 0.05) is 20.1 Å². The number of carbonyl (C=O) groups excluding carboxylic acids is 1. The van der Waals surface area contributed by atoms with Gasteiger partial charge in [0.25, 0.3) is 0 Å². The molecule has 23 heavy (non-hydrogen) atoms. The Labute approximate surface area is 138 Å². The summed E-state index contributed by atoms with van der Waals surface area (Å²) in [6.45, 7) is 5.12. The zero-order chi connectivity index (χ0) is 16.4. The Bertz CT molecular complexity index is 600. The van der Waals surface area contributed by atoms with Gasteiger partial charge in [-0.25, -0.2) is 4.99 Å². The molecule has 2 N–H and O–H groups in total. The number of hydrogen-bond acceptors (Lipinski definition) is 4. The van der Waals surface area contributed by atoms with Crippen LogP contribution in [0.15, 0.2) is 35.3 Å². The molecule has 1 saturated heterocycles. The molecule has 0 bridgehead atoms. The van der Waals surface area contributed by atoms with Crippen molar-refractivity contribution in [2.24, 2.45) is 16.6 Å². The van der Waals surface area contributed by atoms with Gasteiger partial charge in [0.15, 0.2) is 5.96 Å². The van der Waals surface area contributed by atoms with Crippen LogP contribution in [0.5, 0.6) is 0 Å². The topological polar surface area (TPSA) is 61.9 Å². The summed E-state index contributed by atoms with van der Waals surface area (Å²) in [7, 11) is 1.70. The Kier molecular flexibility index (Phi) is 4.39. The molecule has 2 heterocycles. The molecule has 1 unspecified atom stereocenters. The largest absolute Gasteiger partial charge is 0.369 e. The van der Waals surface area contributed by atoms with Crippen molar-refractivity contribution in [2.75, 3.05) is 20.1 Å². The molecule has 0 saturated carbocycles. The van der Waals surface area contributed by atoms with Crippen LogP contribution in [0, 0.1) is 5.92 Å². The molecule has 1 amide bonds. The number of hydrogen-bond donors (Lipinski definition) is 1. The monoisotopic (exact) mass is 314 g/mol. The molecule has 0 radical (unpaired) electrons. The van der Waals surface area contributed by atoms with Crippen LogP contribution in [0.3, 0.4) is 0 Å². The third kappa shape index (κ3) is 3.39. The molecule has 1 aromatic rings. The van der Waals surface area contributed by atoms with Gasteiger partial charge in [-0.15, -0.1) is 0 Å². The Morgan fingerprint density at radius 1 is 1.35 bits per heavy atom. The summed E-state index contributed by atoms with van der Waals surface area (Å²) in [4.78, 5) is 20.8. The maximum atomic E-state index is 12.2. The highest BCUT2D eigenvalue weighted by Crippen LogP contribution is 2.35. The SMILES string of the molecule is CN1C(=O)C[C@@](C)(C2CCCN(Cc3ccccc3)C2)N=C1N. The summed E-state index contributed by atoms with van der Waals surface area (Å²) in [5.41, 5.74) is 6.91. The van der Waals surface area contributed by atoms with Gasteiger partial charge in [0.1, 0.15) is 0 Å². The van der Waals surface area contributed by atoms with Gasteiger partial charge in [0.2, 0.25) is 5.91 Å². The van der Waals surface area contributed by atoms with Gasteiger partial charge < -0.3 is 5.73 Å². The summed E-state index contributed by atoms with van der Waals surface area (Å²) in [5, 5.41) is 0. The first-order valence-corrected chi connectivity index (χ1v) is 8.36. The Morgan fingerprint density at radius 3 is 2.78 bits per heavy atom. The lowest BCUT2D eigenvalue weighted by Gasteiger charge is -2.43. The zero-order valence-electron chi connectivity index (χ0n) is 14.0. The van der Waals surface area contributed by atoms with E-state index in [9.17, 15) is 4.79 Å². The number of nitrogens with two attached hydrogens (primary N) is 1. The lowest BCUT2D eigenvalue weighted by Crippen LogP contribution is -2.54. The summed E-state index contributed by atoms with van der Waals surface area (Å²) in [6.07, 6.45) is 2.70. The van der Waals surface area contributed by atoms with Crippen molar-refractivity contribution in [3.05, 3.63) is 35.9 Å². The first kappa shape index (κ1) is 16.0. The highest BCUT2D eigenvalue weighted by atomic mass is 16.2. The average Bonchev–Trinajstić information content (AvgIpc) is 2.54. The van der Waals surface area contributed by atoms with Crippen molar-refractivity contribution in [1.82, 2.24) is 9.80 Å². The maximum absolute atomic E-state index is 12.2. The van der Waals surface area contributed by atoms with Gasteiger partial charge >= 0.3 is 0 Å². The highest BCUT2D eigenvalue weighted by molar-refractivity contribution is 5.98. The van der Waals surface area contributed by atoms with E-state index >= 15 is 0 Å². The smallest absolute Gasteiger partial charge is 0.231 e. The molecular formula is C18H26N4O. The van der Waals surface area contributed by atoms with E-state index in [1.807, 2.05) is 6.07 Å². The van der Waals surface area contributed by atoms with Crippen molar-refractivity contribution in [3.63, 3.8) is 0 Å². The number of carbonyl (C=O) groups is 1. The minimum atomic E-state index is -0.372. The fourth-order valence-corrected chi connectivity index (χ4v) is 3.71. The van der Waals surface area contributed by atoms with E-state index in [0.717, 1.165) is 32.5 Å². The number of likely N-dealkylation sites (tertiary alicyclic amines) is 1. The minimum Gasteiger partial charge on any atom is -0.369 e. The number of guanidine groups is 1. The molecule has 124 valence electrons. The third-order valence-corrected chi connectivity index (χ3v) is 5.23. The van der Waals surface area contributed by atoms with Gasteiger partial charge in [-0.3, -0.25) is 14.6 Å². The fraction of sp³-hybridized carbons (Fsp3) is 0.556. The predicted molar refractivity (Wildman–Crippen MR) is 91.9 cm³/mol. The van der Waals surface area contributed by atoms with Crippen molar-refractivity contribution < 1.29 is 4.79 Å². The van der Waals surface area contributed by atoms with Gasteiger partial charge in [0.05, 0.1) is 12.0 Å². The normalized spacial score (nSPS) is 29.5. The quantitative estimate of drug-likeness (QED) is 0.926. The van der Waals surface area contributed by atoms with E-state index in [-0.39, 0.29) is 11.4 Å². The molecule has 1 fully saturated rings.